The first-order valence-electron chi connectivity index (χ1n) is 10.8. The van der Waals surface area contributed by atoms with Crippen molar-refractivity contribution in [2.75, 3.05) is 30.5 Å². The van der Waals surface area contributed by atoms with Gasteiger partial charge in [0.25, 0.3) is 17.7 Å². The van der Waals surface area contributed by atoms with Gasteiger partial charge in [-0.2, -0.15) is 0 Å². The van der Waals surface area contributed by atoms with Crippen LogP contribution in [0, 0.1) is 0 Å². The van der Waals surface area contributed by atoms with Gasteiger partial charge in [-0.05, 0) is 50.2 Å². The summed E-state index contributed by atoms with van der Waals surface area (Å²) >= 11 is 0. The van der Waals surface area contributed by atoms with Crippen LogP contribution in [0.15, 0.2) is 60.7 Å². The fourth-order valence-electron chi connectivity index (χ4n) is 3.75. The van der Waals surface area contributed by atoms with Gasteiger partial charge in [0.05, 0.1) is 37.1 Å². The largest absolute Gasteiger partial charge is 0.494 e. The first kappa shape index (κ1) is 22.8. The molecule has 8 heteroatoms. The molecule has 0 atom stereocenters. The maximum Gasteiger partial charge on any atom is 0.266 e. The van der Waals surface area contributed by atoms with Crippen LogP contribution >= 0.6 is 0 Å². The molecule has 34 heavy (non-hydrogen) atoms. The summed E-state index contributed by atoms with van der Waals surface area (Å²) in [5, 5.41) is 2.81. The highest BCUT2D eigenvalue weighted by atomic mass is 16.5. The van der Waals surface area contributed by atoms with E-state index in [1.54, 1.807) is 60.7 Å². The highest BCUT2D eigenvalue weighted by Crippen LogP contribution is 2.36. The summed E-state index contributed by atoms with van der Waals surface area (Å²) in [4.78, 5) is 39.7. The minimum atomic E-state index is -0.424. The zero-order valence-corrected chi connectivity index (χ0v) is 19.1. The van der Waals surface area contributed by atoms with Crippen molar-refractivity contribution in [3.63, 3.8) is 0 Å². The Labute approximate surface area is 197 Å². The number of anilines is 2. The number of nitrogens with one attached hydrogen (secondary N) is 1. The van der Waals surface area contributed by atoms with Crippen LogP contribution in [0.3, 0.4) is 0 Å². The number of imide groups is 1. The van der Waals surface area contributed by atoms with Crippen molar-refractivity contribution in [1.82, 2.24) is 0 Å². The third-order valence-electron chi connectivity index (χ3n) is 5.24. The van der Waals surface area contributed by atoms with Crippen LogP contribution in [0.2, 0.25) is 0 Å². The van der Waals surface area contributed by atoms with E-state index in [1.807, 2.05) is 13.8 Å². The molecule has 3 aromatic carbocycles. The third-order valence-corrected chi connectivity index (χ3v) is 5.24. The van der Waals surface area contributed by atoms with E-state index in [0.717, 1.165) is 4.90 Å². The van der Waals surface area contributed by atoms with Gasteiger partial charge in [0.1, 0.15) is 17.2 Å². The van der Waals surface area contributed by atoms with Crippen molar-refractivity contribution < 1.29 is 28.6 Å². The van der Waals surface area contributed by atoms with Crippen LogP contribution < -0.4 is 24.4 Å². The number of ether oxygens (including phenoxy) is 3. The number of nitrogens with zero attached hydrogens (tertiary/aromatic N) is 1. The van der Waals surface area contributed by atoms with E-state index in [1.165, 1.54) is 7.11 Å². The van der Waals surface area contributed by atoms with Gasteiger partial charge in [-0.1, -0.05) is 12.1 Å². The molecule has 3 aromatic rings. The van der Waals surface area contributed by atoms with E-state index in [4.69, 9.17) is 14.2 Å². The van der Waals surface area contributed by atoms with Crippen molar-refractivity contribution in [1.29, 1.82) is 0 Å². The summed E-state index contributed by atoms with van der Waals surface area (Å²) in [5.74, 6) is 0.0940. The third kappa shape index (κ3) is 4.30. The minimum absolute atomic E-state index is 0.269. The second kappa shape index (κ2) is 9.66. The number of carbonyl (C=O) groups excluding carboxylic acids is 3. The normalized spacial score (nSPS) is 12.4. The lowest BCUT2D eigenvalue weighted by Crippen LogP contribution is -2.29. The molecule has 1 N–H and O–H groups in total. The second-order valence-electron chi connectivity index (χ2n) is 7.39. The molecule has 1 aliphatic heterocycles. The predicted octanol–water partition coefficient (Wildman–Crippen LogP) is 4.55. The lowest BCUT2D eigenvalue weighted by Gasteiger charge is -2.18. The quantitative estimate of drug-likeness (QED) is 0.496. The van der Waals surface area contributed by atoms with E-state index >= 15 is 0 Å². The average Bonchev–Trinajstić information content (AvgIpc) is 3.09. The Balaban J connectivity index is 1.60. The summed E-state index contributed by atoms with van der Waals surface area (Å²) in [6.07, 6.45) is 0. The number of rotatable bonds is 8. The second-order valence-corrected chi connectivity index (χ2v) is 7.39. The van der Waals surface area contributed by atoms with Crippen LogP contribution in [0.4, 0.5) is 11.4 Å². The van der Waals surface area contributed by atoms with E-state index in [-0.39, 0.29) is 11.7 Å². The minimum Gasteiger partial charge on any atom is -0.494 e. The zero-order chi connectivity index (χ0) is 24.2. The number of benzene rings is 3. The van der Waals surface area contributed by atoms with Gasteiger partial charge < -0.3 is 19.5 Å². The Morgan fingerprint density at radius 2 is 1.44 bits per heavy atom. The van der Waals surface area contributed by atoms with Crippen LogP contribution in [0.5, 0.6) is 17.2 Å². The Morgan fingerprint density at radius 1 is 0.853 bits per heavy atom. The molecule has 1 heterocycles. The molecule has 0 aromatic heterocycles. The van der Waals surface area contributed by atoms with Crippen molar-refractivity contribution in [2.45, 2.75) is 13.8 Å². The Bertz CT molecular complexity index is 1210. The van der Waals surface area contributed by atoms with Gasteiger partial charge in [-0.3, -0.25) is 14.4 Å². The molecular weight excluding hydrogens is 436 g/mol. The van der Waals surface area contributed by atoms with E-state index in [0.29, 0.717) is 52.8 Å². The van der Waals surface area contributed by atoms with Gasteiger partial charge in [0, 0.05) is 23.4 Å². The molecular formula is C26H24N2O6. The topological polar surface area (TPSA) is 94.2 Å². The van der Waals surface area contributed by atoms with Gasteiger partial charge in [-0.15, -0.1) is 0 Å². The molecule has 4 rings (SSSR count). The fraction of sp³-hybridized carbons (Fsp3) is 0.192. The molecule has 0 aliphatic carbocycles. The van der Waals surface area contributed by atoms with Gasteiger partial charge in [-0.25, -0.2) is 4.90 Å². The van der Waals surface area contributed by atoms with Gasteiger partial charge >= 0.3 is 0 Å². The highest BCUT2D eigenvalue weighted by molar-refractivity contribution is 6.34. The molecule has 8 nitrogen and oxygen atoms in total. The molecule has 3 amide bonds. The standard InChI is InChI=1S/C26H24N2O6/c1-4-33-18-12-16(13-19(15-18)34-5-2)24(29)27-17-10-11-22(23(14-17)32-3)28-25(30)20-8-6-7-9-21(20)26(28)31/h6-15H,4-5H2,1-3H3,(H,27,29). The summed E-state index contributed by atoms with van der Waals surface area (Å²) in [5.41, 5.74) is 1.76. The molecule has 0 radical (unpaired) electrons. The van der Waals surface area contributed by atoms with E-state index in [2.05, 4.69) is 5.32 Å². The van der Waals surface area contributed by atoms with Gasteiger partial charge in [0.2, 0.25) is 0 Å². The Hall–Kier alpha value is -4.33. The van der Waals surface area contributed by atoms with Crippen LogP contribution in [0.1, 0.15) is 44.9 Å². The van der Waals surface area contributed by atoms with E-state index < -0.39 is 11.8 Å². The Kier molecular flexibility index (Phi) is 6.49. The molecule has 0 bridgehead atoms. The summed E-state index contributed by atoms with van der Waals surface area (Å²) in [6, 6.07) is 16.4. The first-order valence-corrected chi connectivity index (χ1v) is 10.8. The SMILES string of the molecule is CCOc1cc(OCC)cc(C(=O)Nc2ccc(N3C(=O)c4ccccc4C3=O)c(OC)c2)c1. The van der Waals surface area contributed by atoms with Crippen LogP contribution in [-0.2, 0) is 0 Å². The monoisotopic (exact) mass is 460 g/mol. The molecule has 174 valence electrons. The van der Waals surface area contributed by atoms with Crippen LogP contribution in [-0.4, -0.2) is 38.0 Å². The van der Waals surface area contributed by atoms with E-state index in [9.17, 15) is 14.4 Å². The lowest BCUT2D eigenvalue weighted by molar-refractivity contribution is 0.0923. The summed E-state index contributed by atoms with van der Waals surface area (Å²) < 4.78 is 16.5. The predicted molar refractivity (Wildman–Crippen MR) is 127 cm³/mol. The molecule has 0 spiro atoms. The molecule has 0 fully saturated rings. The first-order chi connectivity index (χ1) is 16.5. The van der Waals surface area contributed by atoms with Crippen molar-refractivity contribution >= 4 is 29.1 Å². The smallest absolute Gasteiger partial charge is 0.266 e. The number of hydrogen-bond acceptors (Lipinski definition) is 6. The molecule has 0 saturated carbocycles. The van der Waals surface area contributed by atoms with Crippen molar-refractivity contribution in [3.8, 4) is 17.2 Å². The number of hydrogen-bond donors (Lipinski definition) is 1. The number of fused-ring (bicyclic) bond motifs is 1. The number of amides is 3. The van der Waals surface area contributed by atoms with Crippen molar-refractivity contribution in [2.24, 2.45) is 0 Å². The summed E-state index contributed by atoms with van der Waals surface area (Å²) in [6.45, 7) is 4.62. The lowest BCUT2D eigenvalue weighted by atomic mass is 10.1. The van der Waals surface area contributed by atoms with Crippen LogP contribution in [0.25, 0.3) is 0 Å². The molecule has 0 unspecified atom stereocenters. The molecule has 1 aliphatic rings. The summed E-state index contributed by atoms with van der Waals surface area (Å²) in [7, 11) is 1.43. The average molecular weight is 460 g/mol. The maximum absolute atomic E-state index is 12.9. The zero-order valence-electron chi connectivity index (χ0n) is 19.1. The van der Waals surface area contributed by atoms with Gasteiger partial charge in [0.15, 0.2) is 0 Å². The number of carbonyl (C=O) groups is 3. The molecule has 0 saturated heterocycles. The van der Waals surface area contributed by atoms with Crippen molar-refractivity contribution in [3.05, 3.63) is 77.4 Å². The number of methoxy groups -OCH3 is 1. The maximum atomic E-state index is 12.9. The highest BCUT2D eigenvalue weighted by Gasteiger charge is 2.37. The fourth-order valence-corrected chi connectivity index (χ4v) is 3.75. The Morgan fingerprint density at radius 3 is 1.97 bits per heavy atom.